The summed E-state index contributed by atoms with van der Waals surface area (Å²) >= 11 is 1.23. The van der Waals surface area contributed by atoms with Crippen LogP contribution in [0.2, 0.25) is 0 Å². The number of β-lactam (4-membered cyclic amide) rings is 1. The molecule has 0 unspecified atom stereocenters. The van der Waals surface area contributed by atoms with Gasteiger partial charge in [0, 0.05) is 4.75 Å². The SMILES string of the molecule is CC(=O)[C@]1(NC(=O)Cc2ccccc2)C(=O)N2[C@@H](C(=O)O)C(C)(C)S[C@@H]21. The zero-order chi connectivity index (χ0) is 19.3. The molecule has 0 radical (unpaired) electrons. The van der Waals surface area contributed by atoms with Crippen molar-refractivity contribution in [2.75, 3.05) is 0 Å². The molecule has 2 aliphatic heterocycles. The second-order valence-corrected chi connectivity index (χ2v) is 8.84. The molecule has 2 N–H and O–H groups in total. The average Bonchev–Trinajstić information content (AvgIpc) is 2.82. The largest absolute Gasteiger partial charge is 0.480 e. The number of amides is 2. The van der Waals surface area contributed by atoms with Crippen molar-refractivity contribution in [3.8, 4) is 0 Å². The topological polar surface area (TPSA) is 104 Å². The van der Waals surface area contributed by atoms with Crippen molar-refractivity contribution in [1.29, 1.82) is 0 Å². The number of hydrogen-bond acceptors (Lipinski definition) is 5. The van der Waals surface area contributed by atoms with Crippen LogP contribution in [0.15, 0.2) is 30.3 Å². The fourth-order valence-corrected chi connectivity index (χ4v) is 5.38. The Morgan fingerprint density at radius 2 is 1.85 bits per heavy atom. The van der Waals surface area contributed by atoms with Crippen molar-refractivity contribution >= 4 is 35.3 Å². The summed E-state index contributed by atoms with van der Waals surface area (Å²) in [6.45, 7) is 4.69. The van der Waals surface area contributed by atoms with Crippen LogP contribution >= 0.6 is 11.8 Å². The predicted molar refractivity (Wildman–Crippen MR) is 95.4 cm³/mol. The quantitative estimate of drug-likeness (QED) is 0.582. The summed E-state index contributed by atoms with van der Waals surface area (Å²) in [4.78, 5) is 50.5. The van der Waals surface area contributed by atoms with Gasteiger partial charge in [-0.2, -0.15) is 0 Å². The Morgan fingerprint density at radius 1 is 1.23 bits per heavy atom. The Labute approximate surface area is 155 Å². The molecular weight excluding hydrogens is 356 g/mol. The van der Waals surface area contributed by atoms with Gasteiger partial charge in [-0.05, 0) is 26.3 Å². The van der Waals surface area contributed by atoms with Crippen molar-refractivity contribution in [3.05, 3.63) is 35.9 Å². The first-order valence-electron chi connectivity index (χ1n) is 8.20. The van der Waals surface area contributed by atoms with E-state index in [0.29, 0.717) is 0 Å². The van der Waals surface area contributed by atoms with Gasteiger partial charge < -0.3 is 15.3 Å². The third-order valence-electron chi connectivity index (χ3n) is 4.88. The number of carbonyl (C=O) groups is 4. The Balaban J connectivity index is 1.86. The summed E-state index contributed by atoms with van der Waals surface area (Å²) in [5, 5.41) is 11.4. The van der Waals surface area contributed by atoms with Crippen LogP contribution in [0.3, 0.4) is 0 Å². The highest BCUT2D eigenvalue weighted by molar-refractivity contribution is 8.01. The molecule has 7 nitrogen and oxygen atoms in total. The molecule has 2 aliphatic rings. The lowest BCUT2D eigenvalue weighted by Crippen LogP contribution is -2.82. The normalized spacial score (nSPS) is 28.9. The fourth-order valence-electron chi connectivity index (χ4n) is 3.63. The number of aliphatic carboxylic acids is 1. The minimum atomic E-state index is -1.70. The fraction of sp³-hybridized carbons (Fsp3) is 0.444. The Bertz CT molecular complexity index is 794. The molecular formula is C18H20N2O5S. The molecule has 2 heterocycles. The number of rotatable bonds is 5. The van der Waals surface area contributed by atoms with Gasteiger partial charge in [0.05, 0.1) is 6.42 Å². The Kier molecular flexibility index (Phi) is 4.34. The van der Waals surface area contributed by atoms with Gasteiger partial charge in [-0.15, -0.1) is 11.8 Å². The number of carbonyl (C=O) groups excluding carboxylic acids is 3. The molecule has 2 fully saturated rings. The van der Waals surface area contributed by atoms with Gasteiger partial charge in [-0.25, -0.2) is 4.79 Å². The van der Waals surface area contributed by atoms with Crippen LogP contribution in [0.25, 0.3) is 0 Å². The molecule has 138 valence electrons. The molecule has 26 heavy (non-hydrogen) atoms. The zero-order valence-corrected chi connectivity index (χ0v) is 15.5. The van der Waals surface area contributed by atoms with E-state index in [-0.39, 0.29) is 6.42 Å². The van der Waals surface area contributed by atoms with Crippen LogP contribution in [-0.2, 0) is 25.6 Å². The van der Waals surface area contributed by atoms with Gasteiger partial charge in [0.1, 0.15) is 11.4 Å². The summed E-state index contributed by atoms with van der Waals surface area (Å²) in [7, 11) is 0. The Hall–Kier alpha value is -2.35. The number of carboxylic acid groups (broad SMARTS) is 1. The Morgan fingerprint density at radius 3 is 2.38 bits per heavy atom. The highest BCUT2D eigenvalue weighted by Crippen LogP contribution is 2.55. The summed E-state index contributed by atoms with van der Waals surface area (Å²) in [5.41, 5.74) is -0.937. The van der Waals surface area contributed by atoms with Crippen molar-refractivity contribution in [3.63, 3.8) is 0 Å². The zero-order valence-electron chi connectivity index (χ0n) is 14.7. The first-order chi connectivity index (χ1) is 12.1. The van der Waals surface area contributed by atoms with Gasteiger partial charge in [0.25, 0.3) is 5.91 Å². The van der Waals surface area contributed by atoms with Crippen LogP contribution in [0, 0.1) is 0 Å². The maximum absolute atomic E-state index is 12.8. The summed E-state index contributed by atoms with van der Waals surface area (Å²) in [5.74, 6) is -2.70. The second kappa shape index (κ2) is 6.12. The minimum absolute atomic E-state index is 0.0340. The first kappa shape index (κ1) is 18.4. The van der Waals surface area contributed by atoms with Gasteiger partial charge in [-0.1, -0.05) is 30.3 Å². The smallest absolute Gasteiger partial charge is 0.327 e. The molecule has 3 rings (SSSR count). The molecule has 3 atom stereocenters. The van der Waals surface area contributed by atoms with Crippen LogP contribution in [0.4, 0.5) is 0 Å². The summed E-state index contributed by atoms with van der Waals surface area (Å²) in [6, 6.07) is 7.95. The number of hydrogen-bond donors (Lipinski definition) is 2. The maximum atomic E-state index is 12.8. The number of thioether (sulfide) groups is 1. The van der Waals surface area contributed by atoms with Gasteiger partial charge in [0.2, 0.25) is 11.4 Å². The monoisotopic (exact) mass is 376 g/mol. The molecule has 0 saturated carbocycles. The summed E-state index contributed by atoms with van der Waals surface area (Å²) in [6.07, 6.45) is 0.0340. The molecule has 8 heteroatoms. The highest BCUT2D eigenvalue weighted by atomic mass is 32.2. The lowest BCUT2D eigenvalue weighted by atomic mass is 9.81. The summed E-state index contributed by atoms with van der Waals surface area (Å²) < 4.78 is -0.770. The number of benzene rings is 1. The van der Waals surface area contributed by atoms with Gasteiger partial charge >= 0.3 is 5.97 Å². The molecule has 1 aromatic rings. The van der Waals surface area contributed by atoms with Gasteiger partial charge in [0.15, 0.2) is 5.78 Å². The lowest BCUT2D eigenvalue weighted by molar-refractivity contribution is -0.172. The molecule has 2 saturated heterocycles. The van der Waals surface area contributed by atoms with E-state index in [9.17, 15) is 24.3 Å². The molecule has 0 aliphatic carbocycles. The van der Waals surface area contributed by atoms with E-state index in [0.717, 1.165) is 5.56 Å². The van der Waals surface area contributed by atoms with Crippen LogP contribution in [0.1, 0.15) is 26.3 Å². The van der Waals surface area contributed by atoms with Crippen LogP contribution in [-0.4, -0.2) is 55.3 Å². The van der Waals surface area contributed by atoms with E-state index in [1.807, 2.05) is 6.07 Å². The average molecular weight is 376 g/mol. The standard InChI is InChI=1S/C18H20N2O5S/c1-10(21)18(19-12(22)9-11-7-5-4-6-8-11)15(25)20-13(14(23)24)17(2,3)26-16(18)20/h4-8,13,16H,9H2,1-3H3,(H,19,22)(H,23,24)/t13-,16+,18-/m0/s1. The number of fused-ring (bicyclic) bond motifs is 1. The molecule has 0 bridgehead atoms. The van der Waals surface area contributed by atoms with Crippen LogP contribution in [0.5, 0.6) is 0 Å². The maximum Gasteiger partial charge on any atom is 0.327 e. The van der Waals surface area contributed by atoms with E-state index >= 15 is 0 Å². The third-order valence-corrected chi connectivity index (χ3v) is 6.51. The van der Waals surface area contributed by atoms with Crippen LogP contribution < -0.4 is 5.32 Å². The number of Topliss-reactive ketones (excluding diaryl/α,β-unsaturated/α-hetero) is 1. The molecule has 1 aromatic carbocycles. The molecule has 2 amide bonds. The molecule has 0 spiro atoms. The number of carboxylic acids is 1. The number of ketones is 1. The van der Waals surface area contributed by atoms with E-state index < -0.39 is 45.3 Å². The van der Waals surface area contributed by atoms with Gasteiger partial charge in [-0.3, -0.25) is 14.4 Å². The van der Waals surface area contributed by atoms with E-state index in [1.165, 1.54) is 23.6 Å². The number of nitrogens with one attached hydrogen (secondary N) is 1. The molecule has 0 aromatic heterocycles. The predicted octanol–water partition coefficient (Wildman–Crippen LogP) is 0.820. The van der Waals surface area contributed by atoms with E-state index in [2.05, 4.69) is 5.32 Å². The van der Waals surface area contributed by atoms with Crippen molar-refractivity contribution in [2.45, 2.75) is 48.9 Å². The highest BCUT2D eigenvalue weighted by Gasteiger charge is 2.74. The van der Waals surface area contributed by atoms with E-state index in [4.69, 9.17) is 0 Å². The first-order valence-corrected chi connectivity index (χ1v) is 9.08. The van der Waals surface area contributed by atoms with Crippen molar-refractivity contribution in [1.82, 2.24) is 10.2 Å². The lowest BCUT2D eigenvalue weighted by Gasteiger charge is -2.51. The van der Waals surface area contributed by atoms with Crippen molar-refractivity contribution < 1.29 is 24.3 Å². The minimum Gasteiger partial charge on any atom is -0.480 e. The third kappa shape index (κ3) is 2.59. The second-order valence-electron chi connectivity index (χ2n) is 7.10. The number of nitrogens with zero attached hydrogens (tertiary/aromatic N) is 1. The van der Waals surface area contributed by atoms with E-state index in [1.54, 1.807) is 38.1 Å². The van der Waals surface area contributed by atoms with Crippen molar-refractivity contribution in [2.24, 2.45) is 0 Å².